The van der Waals surface area contributed by atoms with Gasteiger partial charge >= 0.3 is 0 Å². The van der Waals surface area contributed by atoms with Crippen molar-refractivity contribution in [3.8, 4) is 0 Å². The summed E-state index contributed by atoms with van der Waals surface area (Å²) in [6.45, 7) is 4.80. The molecule has 3 atom stereocenters. The Labute approximate surface area is 128 Å². The highest BCUT2D eigenvalue weighted by molar-refractivity contribution is 7.10. The second-order valence-corrected chi connectivity index (χ2v) is 8.12. The van der Waals surface area contributed by atoms with E-state index < -0.39 is 0 Å². The number of aryl methyl sites for hydroxylation is 1. The van der Waals surface area contributed by atoms with Crippen LogP contribution in [0.25, 0.3) is 0 Å². The molecule has 3 unspecified atom stereocenters. The molecule has 2 aliphatic carbocycles. The van der Waals surface area contributed by atoms with Crippen molar-refractivity contribution in [1.82, 2.24) is 5.32 Å². The first kappa shape index (κ1) is 14.6. The maximum Gasteiger partial charge on any atom is 0.0333 e. The van der Waals surface area contributed by atoms with Crippen LogP contribution in [0.15, 0.2) is 11.4 Å². The highest BCUT2D eigenvalue weighted by Crippen LogP contribution is 2.35. The summed E-state index contributed by atoms with van der Waals surface area (Å²) >= 11 is 1.96. The summed E-state index contributed by atoms with van der Waals surface area (Å²) in [7, 11) is 0. The first-order valence-electron chi connectivity index (χ1n) is 8.56. The van der Waals surface area contributed by atoms with E-state index in [4.69, 9.17) is 0 Å². The summed E-state index contributed by atoms with van der Waals surface area (Å²) in [6, 6.07) is 3.77. The molecule has 1 nitrogen and oxygen atoms in total. The molecule has 1 fully saturated rings. The van der Waals surface area contributed by atoms with E-state index in [1.54, 1.807) is 10.4 Å². The Hall–Kier alpha value is -0.340. The van der Waals surface area contributed by atoms with Crippen LogP contribution in [0.2, 0.25) is 0 Å². The quantitative estimate of drug-likeness (QED) is 0.743. The Balaban J connectivity index is 1.59. The molecule has 0 saturated heterocycles. The Morgan fingerprint density at radius 1 is 1.10 bits per heavy atom. The summed E-state index contributed by atoms with van der Waals surface area (Å²) in [6.07, 6.45) is 11.1. The minimum Gasteiger partial charge on any atom is -0.307 e. The van der Waals surface area contributed by atoms with Crippen molar-refractivity contribution in [2.24, 2.45) is 11.8 Å². The van der Waals surface area contributed by atoms with E-state index in [2.05, 4.69) is 30.6 Å². The lowest BCUT2D eigenvalue weighted by atomic mass is 9.89. The van der Waals surface area contributed by atoms with E-state index in [0.29, 0.717) is 6.04 Å². The highest BCUT2D eigenvalue weighted by Gasteiger charge is 2.26. The minimum atomic E-state index is 0.644. The van der Waals surface area contributed by atoms with E-state index in [1.807, 2.05) is 11.3 Å². The van der Waals surface area contributed by atoms with Crippen molar-refractivity contribution in [2.45, 2.75) is 77.3 Å². The smallest absolute Gasteiger partial charge is 0.0333 e. The molecule has 2 heteroatoms. The topological polar surface area (TPSA) is 12.0 Å². The molecule has 1 aromatic heterocycles. The molecule has 0 amide bonds. The van der Waals surface area contributed by atoms with Crippen LogP contribution in [0, 0.1) is 11.8 Å². The van der Waals surface area contributed by atoms with Crippen LogP contribution in [0.5, 0.6) is 0 Å². The van der Waals surface area contributed by atoms with Gasteiger partial charge in [0.25, 0.3) is 0 Å². The van der Waals surface area contributed by atoms with Gasteiger partial charge in [-0.2, -0.15) is 0 Å². The van der Waals surface area contributed by atoms with Crippen LogP contribution in [0.1, 0.15) is 75.3 Å². The molecule has 1 aromatic rings. The SMILES string of the molecule is CC(C)C1CCCC(NC2CCCc3sccc32)CC1. The lowest BCUT2D eigenvalue weighted by Crippen LogP contribution is -2.34. The molecule has 0 spiro atoms. The first-order valence-corrected chi connectivity index (χ1v) is 9.44. The number of hydrogen-bond donors (Lipinski definition) is 1. The molecule has 2 aliphatic rings. The minimum absolute atomic E-state index is 0.644. The Morgan fingerprint density at radius 3 is 2.85 bits per heavy atom. The molecule has 0 aromatic carbocycles. The number of rotatable bonds is 3. The van der Waals surface area contributed by atoms with Crippen LogP contribution in [-0.4, -0.2) is 6.04 Å². The second-order valence-electron chi connectivity index (χ2n) is 7.12. The average Bonchev–Trinajstić information content (AvgIpc) is 2.79. The van der Waals surface area contributed by atoms with Crippen molar-refractivity contribution in [1.29, 1.82) is 0 Å². The van der Waals surface area contributed by atoms with Crippen molar-refractivity contribution in [3.05, 3.63) is 21.9 Å². The number of fused-ring (bicyclic) bond motifs is 1. The van der Waals surface area contributed by atoms with Gasteiger partial charge in [-0.05, 0) is 67.4 Å². The molecule has 1 heterocycles. The molecule has 3 rings (SSSR count). The average molecular weight is 292 g/mol. The van der Waals surface area contributed by atoms with E-state index in [1.165, 1.54) is 51.4 Å². The largest absolute Gasteiger partial charge is 0.307 e. The third kappa shape index (κ3) is 3.28. The van der Waals surface area contributed by atoms with Gasteiger partial charge in [-0.3, -0.25) is 0 Å². The maximum absolute atomic E-state index is 4.01. The summed E-state index contributed by atoms with van der Waals surface area (Å²) < 4.78 is 0. The van der Waals surface area contributed by atoms with Crippen LogP contribution >= 0.6 is 11.3 Å². The lowest BCUT2D eigenvalue weighted by molar-refractivity contribution is 0.329. The fraction of sp³-hybridized carbons (Fsp3) is 0.778. The summed E-state index contributed by atoms with van der Waals surface area (Å²) in [5.41, 5.74) is 1.62. The third-order valence-corrected chi connectivity index (χ3v) is 6.44. The predicted octanol–water partition coefficient (Wildman–Crippen LogP) is 5.32. The van der Waals surface area contributed by atoms with Gasteiger partial charge in [0.1, 0.15) is 0 Å². The van der Waals surface area contributed by atoms with Gasteiger partial charge in [0.2, 0.25) is 0 Å². The van der Waals surface area contributed by atoms with E-state index in [0.717, 1.165) is 17.9 Å². The van der Waals surface area contributed by atoms with Crippen LogP contribution in [0.4, 0.5) is 0 Å². The fourth-order valence-corrected chi connectivity index (χ4v) is 5.10. The number of hydrogen-bond acceptors (Lipinski definition) is 2. The van der Waals surface area contributed by atoms with Gasteiger partial charge in [0.15, 0.2) is 0 Å². The van der Waals surface area contributed by atoms with Crippen LogP contribution < -0.4 is 5.32 Å². The Morgan fingerprint density at radius 2 is 2.00 bits per heavy atom. The Bertz CT molecular complexity index is 423. The van der Waals surface area contributed by atoms with Gasteiger partial charge in [0, 0.05) is 17.0 Å². The predicted molar refractivity (Wildman–Crippen MR) is 88.3 cm³/mol. The number of nitrogens with one attached hydrogen (secondary N) is 1. The molecule has 0 bridgehead atoms. The van der Waals surface area contributed by atoms with Crippen LogP contribution in [0.3, 0.4) is 0 Å². The molecular formula is C18H29NS. The van der Waals surface area contributed by atoms with Gasteiger partial charge in [-0.25, -0.2) is 0 Å². The summed E-state index contributed by atoms with van der Waals surface area (Å²) in [4.78, 5) is 1.64. The summed E-state index contributed by atoms with van der Waals surface area (Å²) in [5.74, 6) is 1.83. The standard InChI is InChI=1S/C18H29NS/c1-13(2)14-5-3-6-15(10-9-14)19-17-7-4-8-18-16(17)11-12-20-18/h11-15,17,19H,3-10H2,1-2H3. The first-order chi connectivity index (χ1) is 9.74. The van der Waals surface area contributed by atoms with Crippen molar-refractivity contribution in [3.63, 3.8) is 0 Å². The maximum atomic E-state index is 4.01. The van der Waals surface area contributed by atoms with Crippen molar-refractivity contribution < 1.29 is 0 Å². The van der Waals surface area contributed by atoms with Gasteiger partial charge in [-0.15, -0.1) is 11.3 Å². The second kappa shape index (κ2) is 6.62. The van der Waals surface area contributed by atoms with Crippen LogP contribution in [-0.2, 0) is 6.42 Å². The molecule has 112 valence electrons. The molecule has 20 heavy (non-hydrogen) atoms. The zero-order valence-electron chi connectivity index (χ0n) is 13.0. The molecule has 0 radical (unpaired) electrons. The van der Waals surface area contributed by atoms with E-state index in [9.17, 15) is 0 Å². The Kier molecular flexibility index (Phi) is 4.83. The van der Waals surface area contributed by atoms with Crippen molar-refractivity contribution in [2.75, 3.05) is 0 Å². The monoisotopic (exact) mass is 291 g/mol. The third-order valence-electron chi connectivity index (χ3n) is 5.45. The van der Waals surface area contributed by atoms with E-state index in [-0.39, 0.29) is 0 Å². The number of thiophene rings is 1. The molecule has 1 saturated carbocycles. The zero-order chi connectivity index (χ0) is 13.9. The highest BCUT2D eigenvalue weighted by atomic mass is 32.1. The van der Waals surface area contributed by atoms with Gasteiger partial charge < -0.3 is 5.32 Å². The van der Waals surface area contributed by atoms with Gasteiger partial charge in [-0.1, -0.05) is 26.7 Å². The summed E-state index contributed by atoms with van der Waals surface area (Å²) in [5, 5.41) is 6.29. The molecular weight excluding hydrogens is 262 g/mol. The normalized spacial score (nSPS) is 31.1. The van der Waals surface area contributed by atoms with Crippen molar-refractivity contribution >= 4 is 11.3 Å². The van der Waals surface area contributed by atoms with E-state index >= 15 is 0 Å². The lowest BCUT2D eigenvalue weighted by Gasteiger charge is -2.28. The molecule has 0 aliphatic heterocycles. The zero-order valence-corrected chi connectivity index (χ0v) is 13.8. The molecule has 1 N–H and O–H groups in total. The van der Waals surface area contributed by atoms with Gasteiger partial charge in [0.05, 0.1) is 0 Å². The fourth-order valence-electron chi connectivity index (χ4n) is 4.11.